The fourth-order valence-corrected chi connectivity index (χ4v) is 5.28. The van der Waals surface area contributed by atoms with Crippen LogP contribution in [-0.2, 0) is 41.6 Å². The highest BCUT2D eigenvalue weighted by atomic mass is 32.2. The van der Waals surface area contributed by atoms with Gasteiger partial charge in [0.2, 0.25) is 29.5 Å². The number of aromatic hydroxyl groups is 1. The van der Waals surface area contributed by atoms with E-state index in [1.54, 1.807) is 18.4 Å². The molecule has 1 heterocycles. The van der Waals surface area contributed by atoms with Crippen molar-refractivity contribution in [1.82, 2.24) is 36.6 Å². The number of carbonyl (C=O) groups excluding carboxylic acids is 5. The zero-order valence-electron chi connectivity index (χ0n) is 28.6. The molecule has 0 aliphatic heterocycles. The molecule has 6 atom stereocenters. The average Bonchev–Trinajstić information content (AvgIpc) is 3.61. The number of aliphatic hydroxyl groups is 1. The van der Waals surface area contributed by atoms with Crippen molar-refractivity contribution in [2.75, 3.05) is 25.1 Å². The molecule has 0 saturated heterocycles. The third-order valence-electron chi connectivity index (χ3n) is 7.65. The number of hydrogen-bond acceptors (Lipinski definition) is 12. The Balaban J connectivity index is 2.26. The molecule has 0 fully saturated rings. The predicted octanol–water partition coefficient (Wildman–Crippen LogP) is -2.37. The van der Waals surface area contributed by atoms with Gasteiger partial charge < -0.3 is 58.4 Å². The first-order valence-electron chi connectivity index (χ1n) is 16.3. The summed E-state index contributed by atoms with van der Waals surface area (Å²) in [5.74, 6) is -4.83. The number of aromatic nitrogens is 2. The van der Waals surface area contributed by atoms with Crippen LogP contribution in [0.25, 0.3) is 0 Å². The maximum atomic E-state index is 13.6. The summed E-state index contributed by atoms with van der Waals surface area (Å²) in [7, 11) is 0. The molecule has 0 saturated carbocycles. The van der Waals surface area contributed by atoms with Crippen LogP contribution in [0.4, 0.5) is 0 Å². The largest absolute Gasteiger partial charge is 0.508 e. The van der Waals surface area contributed by atoms with Crippen LogP contribution in [0.1, 0.15) is 43.9 Å². The molecule has 0 aliphatic carbocycles. The second kappa shape index (κ2) is 22.2. The van der Waals surface area contributed by atoms with Crippen molar-refractivity contribution >= 4 is 47.3 Å². The monoisotopic (exact) mass is 735 g/mol. The quantitative estimate of drug-likeness (QED) is 0.0533. The minimum absolute atomic E-state index is 0.00913. The normalized spacial score (nSPS) is 14.5. The molecular weight excluding hydrogens is 686 g/mol. The van der Waals surface area contributed by atoms with Crippen LogP contribution < -0.4 is 38.1 Å². The molecule has 19 heteroatoms. The molecule has 282 valence electrons. The molecule has 1 aromatic carbocycles. The Bertz CT molecular complexity index is 1430. The number of nitrogens with two attached hydrogens (primary N) is 2. The summed E-state index contributed by atoms with van der Waals surface area (Å²) in [4.78, 5) is 84.2. The topological polar surface area (TPSA) is 304 Å². The number of carboxylic acids is 1. The highest BCUT2D eigenvalue weighted by Crippen LogP contribution is 2.13. The molecule has 0 bridgehead atoms. The number of phenols is 1. The number of nitrogens with one attached hydrogen (secondary N) is 6. The average molecular weight is 736 g/mol. The second-order valence-electron chi connectivity index (χ2n) is 11.8. The van der Waals surface area contributed by atoms with Gasteiger partial charge in [-0.3, -0.25) is 28.8 Å². The summed E-state index contributed by atoms with van der Waals surface area (Å²) in [6.45, 7) is 0.997. The standard InChI is InChI=1S/C32H49N9O9S/c1-18(42)27(41-31(49)24(13-19-6-8-21(43)9-7-19)39-28(46)22(34)5-3-4-11-33)32(50)38-23(10-12-51-2)30(48)40-25(14-20-15-35-17-37-20)29(47)36-16-26(44)45/h6-9,15,17-18,22-25,27,42-43H,3-5,10-14,16,33-34H2,1-2H3,(H,35,37)(H,36,47)(H,38,50)(H,39,46)(H,40,48)(H,41,49)(H,44,45)/t18-,22+,23+,24+,25+,27+/m1/s1. The zero-order valence-corrected chi connectivity index (χ0v) is 29.4. The van der Waals surface area contributed by atoms with Crippen LogP contribution in [0.2, 0.25) is 0 Å². The molecule has 0 spiro atoms. The number of benzene rings is 1. The number of unbranched alkanes of at least 4 members (excludes halogenated alkanes) is 1. The van der Waals surface area contributed by atoms with E-state index in [0.29, 0.717) is 42.8 Å². The van der Waals surface area contributed by atoms with Gasteiger partial charge in [0.05, 0.1) is 18.5 Å². The molecule has 51 heavy (non-hydrogen) atoms. The van der Waals surface area contributed by atoms with E-state index in [4.69, 9.17) is 16.6 Å². The Labute approximate surface area is 299 Å². The van der Waals surface area contributed by atoms with Crippen molar-refractivity contribution in [1.29, 1.82) is 0 Å². The smallest absolute Gasteiger partial charge is 0.322 e. The maximum absolute atomic E-state index is 13.6. The number of aliphatic hydroxyl groups excluding tert-OH is 1. The summed E-state index contributed by atoms with van der Waals surface area (Å²) in [5, 5.41) is 41.7. The molecule has 2 aromatic rings. The number of phenolic OH excluding ortho intramolecular Hbond substituents is 1. The van der Waals surface area contributed by atoms with Crippen molar-refractivity contribution in [3.05, 3.63) is 48.0 Å². The van der Waals surface area contributed by atoms with Gasteiger partial charge in [-0.1, -0.05) is 18.6 Å². The SMILES string of the molecule is CSCC[C@H](NC(=O)[C@@H](NC(=O)[C@H](Cc1ccc(O)cc1)NC(=O)[C@@H](N)CCCCN)[C@@H](C)O)C(=O)N[C@@H](Cc1cnc[nH]1)C(=O)NCC(=O)O. The molecule has 0 radical (unpaired) electrons. The van der Waals surface area contributed by atoms with Gasteiger partial charge in [0.25, 0.3) is 0 Å². The van der Waals surface area contributed by atoms with Crippen molar-refractivity contribution in [3.8, 4) is 5.75 Å². The molecule has 13 N–H and O–H groups in total. The van der Waals surface area contributed by atoms with E-state index >= 15 is 0 Å². The Morgan fingerprint density at radius 3 is 2.08 bits per heavy atom. The lowest BCUT2D eigenvalue weighted by Crippen LogP contribution is -2.61. The van der Waals surface area contributed by atoms with Crippen LogP contribution in [-0.4, -0.2) is 122 Å². The van der Waals surface area contributed by atoms with E-state index in [-0.39, 0.29) is 25.0 Å². The molecule has 5 amide bonds. The highest BCUT2D eigenvalue weighted by Gasteiger charge is 2.34. The summed E-state index contributed by atoms with van der Waals surface area (Å²) < 4.78 is 0. The fourth-order valence-electron chi connectivity index (χ4n) is 4.80. The predicted molar refractivity (Wildman–Crippen MR) is 188 cm³/mol. The third-order valence-corrected chi connectivity index (χ3v) is 8.29. The summed E-state index contributed by atoms with van der Waals surface area (Å²) >= 11 is 1.38. The van der Waals surface area contributed by atoms with Gasteiger partial charge >= 0.3 is 5.97 Å². The lowest BCUT2D eigenvalue weighted by molar-refractivity contribution is -0.138. The lowest BCUT2D eigenvalue weighted by Gasteiger charge is -2.28. The first-order chi connectivity index (χ1) is 24.2. The number of rotatable bonds is 23. The van der Waals surface area contributed by atoms with Crippen LogP contribution in [0.15, 0.2) is 36.8 Å². The maximum Gasteiger partial charge on any atom is 0.322 e. The van der Waals surface area contributed by atoms with E-state index in [2.05, 4.69) is 36.6 Å². The molecule has 18 nitrogen and oxygen atoms in total. The van der Waals surface area contributed by atoms with E-state index in [9.17, 15) is 39.0 Å². The summed E-state index contributed by atoms with van der Waals surface area (Å²) in [6.07, 6.45) is 4.65. The minimum Gasteiger partial charge on any atom is -0.508 e. The van der Waals surface area contributed by atoms with Gasteiger partial charge in [-0.15, -0.1) is 0 Å². The molecule has 0 unspecified atom stereocenters. The number of hydrogen-bond donors (Lipinski definition) is 11. The first kappa shape index (κ1) is 42.4. The van der Waals surface area contributed by atoms with Crippen molar-refractivity contribution in [2.45, 2.75) is 81.8 Å². The van der Waals surface area contributed by atoms with Gasteiger partial charge in [0.15, 0.2) is 0 Å². The Morgan fingerprint density at radius 1 is 0.863 bits per heavy atom. The summed E-state index contributed by atoms with van der Waals surface area (Å²) in [6, 6.07) is -0.336. The third kappa shape index (κ3) is 15.4. The summed E-state index contributed by atoms with van der Waals surface area (Å²) in [5.41, 5.74) is 12.6. The number of amides is 5. The Morgan fingerprint density at radius 2 is 1.49 bits per heavy atom. The second-order valence-corrected chi connectivity index (χ2v) is 12.8. The molecule has 1 aromatic heterocycles. The fraction of sp³-hybridized carbons (Fsp3) is 0.531. The van der Waals surface area contributed by atoms with E-state index < -0.39 is 78.4 Å². The number of nitrogens with zero attached hydrogens (tertiary/aromatic N) is 1. The van der Waals surface area contributed by atoms with Gasteiger partial charge in [-0.2, -0.15) is 11.8 Å². The van der Waals surface area contributed by atoms with Gasteiger partial charge in [-0.25, -0.2) is 4.98 Å². The van der Waals surface area contributed by atoms with Crippen molar-refractivity contribution in [2.24, 2.45) is 11.5 Å². The zero-order chi connectivity index (χ0) is 37.9. The highest BCUT2D eigenvalue weighted by molar-refractivity contribution is 7.98. The number of carboxylic acid groups (broad SMARTS) is 1. The number of imidazole rings is 1. The molecule has 2 rings (SSSR count). The van der Waals surface area contributed by atoms with Gasteiger partial charge in [0, 0.05) is 24.7 Å². The van der Waals surface area contributed by atoms with Crippen LogP contribution in [0, 0.1) is 0 Å². The molecular formula is C32H49N9O9S. The number of H-pyrrole nitrogens is 1. The molecule has 0 aliphatic rings. The Kier molecular flexibility index (Phi) is 18.5. The van der Waals surface area contributed by atoms with Crippen LogP contribution >= 0.6 is 11.8 Å². The van der Waals surface area contributed by atoms with Gasteiger partial charge in [-0.05, 0) is 62.4 Å². The minimum atomic E-state index is -1.58. The Hall–Kier alpha value is -4.72. The number of aromatic amines is 1. The van der Waals surface area contributed by atoms with Gasteiger partial charge in [0.1, 0.15) is 36.5 Å². The number of carbonyl (C=O) groups is 6. The van der Waals surface area contributed by atoms with E-state index in [0.717, 1.165) is 0 Å². The number of aliphatic carboxylic acids is 1. The van der Waals surface area contributed by atoms with Crippen LogP contribution in [0.3, 0.4) is 0 Å². The van der Waals surface area contributed by atoms with E-state index in [1.807, 2.05) is 0 Å². The van der Waals surface area contributed by atoms with E-state index in [1.165, 1.54) is 43.3 Å². The first-order valence-corrected chi connectivity index (χ1v) is 17.7. The van der Waals surface area contributed by atoms with Crippen molar-refractivity contribution < 1.29 is 44.1 Å². The van der Waals surface area contributed by atoms with Crippen molar-refractivity contribution in [3.63, 3.8) is 0 Å². The lowest BCUT2D eigenvalue weighted by atomic mass is 10.0. The number of thioether (sulfide) groups is 1. The van der Waals surface area contributed by atoms with Crippen LogP contribution in [0.5, 0.6) is 5.75 Å².